The highest BCUT2D eigenvalue weighted by Crippen LogP contribution is 2.18. The molecule has 1 saturated heterocycles. The summed E-state index contributed by atoms with van der Waals surface area (Å²) in [5.74, 6) is 0.0862. The van der Waals surface area contributed by atoms with Gasteiger partial charge in [0.2, 0.25) is 0 Å². The van der Waals surface area contributed by atoms with E-state index in [0.717, 1.165) is 36.8 Å². The second-order valence-corrected chi connectivity index (χ2v) is 5.17. The van der Waals surface area contributed by atoms with E-state index in [1.165, 1.54) is 0 Å². The normalized spacial score (nSPS) is 16.7. The molecule has 2 aromatic rings. The van der Waals surface area contributed by atoms with Gasteiger partial charge < -0.3 is 15.2 Å². The molecule has 0 atom stereocenters. The van der Waals surface area contributed by atoms with Crippen molar-refractivity contribution in [3.63, 3.8) is 0 Å². The van der Waals surface area contributed by atoms with E-state index in [9.17, 15) is 4.79 Å². The molecule has 2 heterocycles. The van der Waals surface area contributed by atoms with Crippen molar-refractivity contribution in [3.8, 4) is 0 Å². The van der Waals surface area contributed by atoms with E-state index in [4.69, 9.17) is 0 Å². The Hall–Kier alpha value is -1.81. The molecule has 1 aliphatic rings. The summed E-state index contributed by atoms with van der Waals surface area (Å²) < 4.78 is 0. The Kier molecular flexibility index (Phi) is 3.25. The number of rotatable bonds is 2. The second kappa shape index (κ2) is 5.05. The topological polar surface area (TPSA) is 48.1 Å². The third-order valence-electron chi connectivity index (χ3n) is 3.94. The summed E-state index contributed by atoms with van der Waals surface area (Å²) in [5.41, 5.74) is 1.70. The van der Waals surface area contributed by atoms with Crippen molar-refractivity contribution >= 4 is 16.8 Å². The summed E-state index contributed by atoms with van der Waals surface area (Å²) in [7, 11) is 1.91. The molecule has 4 nitrogen and oxygen atoms in total. The molecule has 2 N–H and O–H groups in total. The van der Waals surface area contributed by atoms with Gasteiger partial charge in [0.1, 0.15) is 5.69 Å². The van der Waals surface area contributed by atoms with E-state index in [1.54, 1.807) is 0 Å². The SMILES string of the molecule is CN(C(=O)c1cc2ccccc2[nH]1)C1CCNCC1. The number of hydrogen-bond donors (Lipinski definition) is 2. The van der Waals surface area contributed by atoms with Crippen LogP contribution in [0.3, 0.4) is 0 Å². The molecular formula is C15H19N3O. The van der Waals surface area contributed by atoms with Gasteiger partial charge in [-0.1, -0.05) is 18.2 Å². The van der Waals surface area contributed by atoms with Crippen LogP contribution in [0.1, 0.15) is 23.3 Å². The van der Waals surface area contributed by atoms with E-state index >= 15 is 0 Å². The summed E-state index contributed by atoms with van der Waals surface area (Å²) in [6.07, 6.45) is 2.06. The Labute approximate surface area is 112 Å². The highest BCUT2D eigenvalue weighted by atomic mass is 16.2. The van der Waals surface area contributed by atoms with Gasteiger partial charge in [-0.05, 0) is 38.1 Å². The first-order valence-electron chi connectivity index (χ1n) is 6.81. The van der Waals surface area contributed by atoms with Crippen molar-refractivity contribution in [2.45, 2.75) is 18.9 Å². The standard InChI is InChI=1S/C15H19N3O/c1-18(12-6-8-16-9-7-12)15(19)14-10-11-4-2-3-5-13(11)17-14/h2-5,10,12,16-17H,6-9H2,1H3. The number of nitrogens with zero attached hydrogens (tertiary/aromatic N) is 1. The van der Waals surface area contributed by atoms with E-state index in [1.807, 2.05) is 42.3 Å². The van der Waals surface area contributed by atoms with Crippen molar-refractivity contribution in [2.24, 2.45) is 0 Å². The Morgan fingerprint density at radius 2 is 2.00 bits per heavy atom. The Morgan fingerprint density at radius 1 is 1.26 bits per heavy atom. The van der Waals surface area contributed by atoms with Gasteiger partial charge in [-0.25, -0.2) is 0 Å². The highest BCUT2D eigenvalue weighted by Gasteiger charge is 2.23. The number of aromatic amines is 1. The summed E-state index contributed by atoms with van der Waals surface area (Å²) >= 11 is 0. The molecule has 100 valence electrons. The molecule has 0 spiro atoms. The fourth-order valence-electron chi connectivity index (χ4n) is 2.74. The average molecular weight is 257 g/mol. The monoisotopic (exact) mass is 257 g/mol. The van der Waals surface area contributed by atoms with Crippen molar-refractivity contribution in [3.05, 3.63) is 36.0 Å². The number of benzene rings is 1. The van der Waals surface area contributed by atoms with Crippen molar-refractivity contribution in [1.82, 2.24) is 15.2 Å². The van der Waals surface area contributed by atoms with Crippen LogP contribution in [0.2, 0.25) is 0 Å². The molecule has 1 aromatic heterocycles. The zero-order valence-corrected chi connectivity index (χ0v) is 11.1. The minimum absolute atomic E-state index is 0.0862. The van der Waals surface area contributed by atoms with E-state index in [0.29, 0.717) is 11.7 Å². The van der Waals surface area contributed by atoms with Crippen LogP contribution < -0.4 is 5.32 Å². The molecule has 0 bridgehead atoms. The van der Waals surface area contributed by atoms with Gasteiger partial charge in [0.05, 0.1) is 0 Å². The lowest BCUT2D eigenvalue weighted by Gasteiger charge is -2.31. The first kappa shape index (κ1) is 12.2. The fraction of sp³-hybridized carbons (Fsp3) is 0.400. The van der Waals surface area contributed by atoms with Crippen LogP contribution in [-0.4, -0.2) is 42.0 Å². The van der Waals surface area contributed by atoms with Crippen LogP contribution in [0.15, 0.2) is 30.3 Å². The predicted octanol–water partition coefficient (Wildman–Crippen LogP) is 1.99. The molecule has 1 aliphatic heterocycles. The number of fused-ring (bicyclic) bond motifs is 1. The Balaban J connectivity index is 1.82. The van der Waals surface area contributed by atoms with Crippen molar-refractivity contribution in [2.75, 3.05) is 20.1 Å². The number of nitrogens with one attached hydrogen (secondary N) is 2. The zero-order valence-electron chi connectivity index (χ0n) is 11.1. The largest absolute Gasteiger partial charge is 0.351 e. The van der Waals surface area contributed by atoms with E-state index in [2.05, 4.69) is 10.3 Å². The van der Waals surface area contributed by atoms with Gasteiger partial charge in [-0.3, -0.25) is 4.79 Å². The molecule has 0 unspecified atom stereocenters. The van der Waals surface area contributed by atoms with Gasteiger partial charge in [0.25, 0.3) is 5.91 Å². The highest BCUT2D eigenvalue weighted by molar-refractivity contribution is 5.98. The van der Waals surface area contributed by atoms with Crippen LogP contribution in [0.4, 0.5) is 0 Å². The number of amides is 1. The minimum atomic E-state index is 0.0862. The molecule has 0 saturated carbocycles. The number of carbonyl (C=O) groups excluding carboxylic acids is 1. The van der Waals surface area contributed by atoms with Gasteiger partial charge in [-0.2, -0.15) is 0 Å². The summed E-state index contributed by atoms with van der Waals surface area (Å²) in [5, 5.41) is 4.41. The molecule has 1 amide bonds. The second-order valence-electron chi connectivity index (χ2n) is 5.17. The molecule has 0 aliphatic carbocycles. The lowest BCUT2D eigenvalue weighted by Crippen LogP contribution is -2.44. The minimum Gasteiger partial charge on any atom is -0.351 e. The lowest BCUT2D eigenvalue weighted by atomic mass is 10.1. The van der Waals surface area contributed by atoms with Crippen LogP contribution in [-0.2, 0) is 0 Å². The van der Waals surface area contributed by atoms with E-state index < -0.39 is 0 Å². The number of H-pyrrole nitrogens is 1. The summed E-state index contributed by atoms with van der Waals surface area (Å²) in [6, 6.07) is 10.3. The first-order chi connectivity index (χ1) is 9.25. The van der Waals surface area contributed by atoms with Crippen LogP contribution in [0.25, 0.3) is 10.9 Å². The lowest BCUT2D eigenvalue weighted by molar-refractivity contribution is 0.0698. The third-order valence-corrected chi connectivity index (χ3v) is 3.94. The maximum atomic E-state index is 12.5. The quantitative estimate of drug-likeness (QED) is 0.864. The van der Waals surface area contributed by atoms with Crippen LogP contribution in [0.5, 0.6) is 0 Å². The number of piperidine rings is 1. The molecule has 0 radical (unpaired) electrons. The van der Waals surface area contributed by atoms with Crippen molar-refractivity contribution < 1.29 is 4.79 Å². The molecule has 1 aromatic carbocycles. The van der Waals surface area contributed by atoms with Crippen LogP contribution >= 0.6 is 0 Å². The average Bonchev–Trinajstić information content (AvgIpc) is 2.90. The molecule has 4 heteroatoms. The van der Waals surface area contributed by atoms with Crippen LogP contribution in [0, 0.1) is 0 Å². The van der Waals surface area contributed by atoms with E-state index in [-0.39, 0.29) is 5.91 Å². The van der Waals surface area contributed by atoms with Gasteiger partial charge in [0, 0.05) is 24.0 Å². The maximum absolute atomic E-state index is 12.5. The number of hydrogen-bond acceptors (Lipinski definition) is 2. The number of para-hydroxylation sites is 1. The fourth-order valence-corrected chi connectivity index (χ4v) is 2.74. The Morgan fingerprint density at radius 3 is 2.74 bits per heavy atom. The Bertz CT molecular complexity index is 551. The third kappa shape index (κ3) is 2.36. The van der Waals surface area contributed by atoms with Gasteiger partial charge in [0.15, 0.2) is 0 Å². The van der Waals surface area contributed by atoms with Gasteiger partial charge >= 0.3 is 0 Å². The zero-order chi connectivity index (χ0) is 13.2. The molecule has 3 rings (SSSR count). The summed E-state index contributed by atoms with van der Waals surface area (Å²) in [6.45, 7) is 1.99. The van der Waals surface area contributed by atoms with Gasteiger partial charge in [-0.15, -0.1) is 0 Å². The smallest absolute Gasteiger partial charge is 0.270 e. The molecule has 1 fully saturated rings. The van der Waals surface area contributed by atoms with Crippen molar-refractivity contribution in [1.29, 1.82) is 0 Å². The molecular weight excluding hydrogens is 238 g/mol. The number of carbonyl (C=O) groups is 1. The first-order valence-corrected chi connectivity index (χ1v) is 6.81. The molecule has 19 heavy (non-hydrogen) atoms. The maximum Gasteiger partial charge on any atom is 0.270 e. The predicted molar refractivity (Wildman–Crippen MR) is 76.3 cm³/mol. The number of aromatic nitrogens is 1. The summed E-state index contributed by atoms with van der Waals surface area (Å²) in [4.78, 5) is 17.6.